The number of ether oxygens (including phenoxy) is 1. The fraction of sp³-hybridized carbons (Fsp3) is 0.467. The van der Waals surface area contributed by atoms with Crippen molar-refractivity contribution in [1.82, 2.24) is 9.88 Å². The fourth-order valence-corrected chi connectivity index (χ4v) is 2.82. The van der Waals surface area contributed by atoms with Crippen molar-refractivity contribution in [2.45, 2.75) is 25.8 Å². The van der Waals surface area contributed by atoms with Crippen LogP contribution in [0.4, 0.5) is 0 Å². The van der Waals surface area contributed by atoms with Gasteiger partial charge in [-0.05, 0) is 44.2 Å². The lowest BCUT2D eigenvalue weighted by molar-refractivity contribution is 0.267. The SMILES string of the molecule is COc1ccc2[nH]c3c(c2c1)C[C@@H](C)N(C)CC3. The Morgan fingerprint density at radius 1 is 1.39 bits per heavy atom. The van der Waals surface area contributed by atoms with Gasteiger partial charge in [0.05, 0.1) is 7.11 Å². The van der Waals surface area contributed by atoms with Gasteiger partial charge in [-0.25, -0.2) is 0 Å². The monoisotopic (exact) mass is 244 g/mol. The van der Waals surface area contributed by atoms with E-state index in [-0.39, 0.29) is 0 Å². The van der Waals surface area contributed by atoms with E-state index < -0.39 is 0 Å². The molecule has 1 N–H and O–H groups in total. The van der Waals surface area contributed by atoms with Crippen molar-refractivity contribution in [2.75, 3.05) is 20.7 Å². The average Bonchev–Trinajstić information content (AvgIpc) is 2.66. The van der Waals surface area contributed by atoms with E-state index >= 15 is 0 Å². The van der Waals surface area contributed by atoms with Crippen LogP contribution in [0.15, 0.2) is 18.2 Å². The molecule has 1 aromatic heterocycles. The number of likely N-dealkylation sites (N-methyl/N-ethyl adjacent to an activating group) is 1. The molecule has 1 atom stereocenters. The van der Waals surface area contributed by atoms with Crippen molar-refractivity contribution in [1.29, 1.82) is 0 Å². The van der Waals surface area contributed by atoms with Crippen molar-refractivity contribution < 1.29 is 4.74 Å². The molecule has 96 valence electrons. The van der Waals surface area contributed by atoms with Crippen LogP contribution < -0.4 is 4.74 Å². The normalized spacial score (nSPS) is 20.7. The van der Waals surface area contributed by atoms with Crippen molar-refractivity contribution in [3.05, 3.63) is 29.5 Å². The second-order valence-corrected chi connectivity index (χ2v) is 5.28. The second kappa shape index (κ2) is 4.32. The zero-order valence-electron chi connectivity index (χ0n) is 11.3. The average molecular weight is 244 g/mol. The largest absolute Gasteiger partial charge is 0.497 e. The summed E-state index contributed by atoms with van der Waals surface area (Å²) in [6.07, 6.45) is 2.21. The van der Waals surface area contributed by atoms with Crippen LogP contribution in [0.25, 0.3) is 10.9 Å². The van der Waals surface area contributed by atoms with E-state index in [9.17, 15) is 0 Å². The Kier molecular flexibility index (Phi) is 2.78. The summed E-state index contributed by atoms with van der Waals surface area (Å²) in [5.41, 5.74) is 4.10. The molecule has 0 unspecified atom stereocenters. The van der Waals surface area contributed by atoms with Gasteiger partial charge in [-0.3, -0.25) is 0 Å². The summed E-state index contributed by atoms with van der Waals surface area (Å²) in [6.45, 7) is 3.42. The first-order valence-corrected chi connectivity index (χ1v) is 6.56. The number of methoxy groups -OCH3 is 1. The Bertz CT molecular complexity index is 573. The Labute approximate surface area is 108 Å². The predicted octanol–water partition coefficient (Wildman–Crippen LogP) is 2.60. The molecule has 3 rings (SSSR count). The maximum absolute atomic E-state index is 5.34. The van der Waals surface area contributed by atoms with Crippen molar-refractivity contribution in [2.24, 2.45) is 0 Å². The van der Waals surface area contributed by atoms with Gasteiger partial charge in [0, 0.05) is 35.6 Å². The van der Waals surface area contributed by atoms with Crippen molar-refractivity contribution in [3.8, 4) is 5.75 Å². The van der Waals surface area contributed by atoms with Crippen LogP contribution in [-0.4, -0.2) is 36.6 Å². The van der Waals surface area contributed by atoms with E-state index in [2.05, 4.69) is 36.0 Å². The smallest absolute Gasteiger partial charge is 0.119 e. The highest BCUT2D eigenvalue weighted by Gasteiger charge is 2.21. The molecule has 1 aliphatic heterocycles. The number of hydrogen-bond acceptors (Lipinski definition) is 2. The quantitative estimate of drug-likeness (QED) is 0.835. The highest BCUT2D eigenvalue weighted by atomic mass is 16.5. The Morgan fingerprint density at radius 3 is 3.00 bits per heavy atom. The Morgan fingerprint density at radius 2 is 2.22 bits per heavy atom. The first-order valence-electron chi connectivity index (χ1n) is 6.56. The maximum Gasteiger partial charge on any atom is 0.119 e. The van der Waals surface area contributed by atoms with Gasteiger partial charge in [0.2, 0.25) is 0 Å². The Balaban J connectivity index is 2.13. The van der Waals surface area contributed by atoms with Crippen molar-refractivity contribution >= 4 is 10.9 Å². The van der Waals surface area contributed by atoms with Crippen LogP contribution in [0, 0.1) is 0 Å². The summed E-state index contributed by atoms with van der Waals surface area (Å²) in [5.74, 6) is 0.939. The molecule has 2 aromatic rings. The molecular formula is C15H20N2O. The standard InChI is InChI=1S/C15H20N2O/c1-10-8-12-13-9-11(18-3)4-5-14(13)16-15(12)6-7-17(10)2/h4-5,9-10,16H,6-8H2,1-3H3/t10-/m1/s1. The molecule has 0 aliphatic carbocycles. The summed E-state index contributed by atoms with van der Waals surface area (Å²) in [7, 11) is 3.93. The minimum Gasteiger partial charge on any atom is -0.497 e. The van der Waals surface area contributed by atoms with E-state index in [1.165, 1.54) is 22.2 Å². The lowest BCUT2D eigenvalue weighted by Crippen LogP contribution is -2.30. The predicted molar refractivity (Wildman–Crippen MR) is 74.4 cm³/mol. The van der Waals surface area contributed by atoms with Crippen LogP contribution in [0.5, 0.6) is 5.75 Å². The molecule has 0 radical (unpaired) electrons. The van der Waals surface area contributed by atoms with Crippen LogP contribution in [0.1, 0.15) is 18.2 Å². The first-order chi connectivity index (χ1) is 8.69. The molecule has 1 aromatic carbocycles. The molecule has 3 heteroatoms. The topological polar surface area (TPSA) is 28.3 Å². The molecule has 0 amide bonds. The third-order valence-electron chi connectivity index (χ3n) is 4.17. The highest BCUT2D eigenvalue weighted by Crippen LogP contribution is 2.30. The first kappa shape index (κ1) is 11.6. The number of benzene rings is 1. The molecule has 0 saturated heterocycles. The van der Waals surface area contributed by atoms with Gasteiger partial charge in [0.15, 0.2) is 0 Å². The van der Waals surface area contributed by atoms with Gasteiger partial charge in [0.1, 0.15) is 5.75 Å². The summed E-state index contributed by atoms with van der Waals surface area (Å²) in [4.78, 5) is 6.00. The number of fused-ring (bicyclic) bond motifs is 3. The molecule has 0 spiro atoms. The molecule has 2 heterocycles. The van der Waals surface area contributed by atoms with E-state index in [0.717, 1.165) is 25.1 Å². The van der Waals surface area contributed by atoms with Crippen LogP contribution in [0.2, 0.25) is 0 Å². The van der Waals surface area contributed by atoms with Gasteiger partial charge in [-0.2, -0.15) is 0 Å². The summed E-state index contributed by atoms with van der Waals surface area (Å²) < 4.78 is 5.34. The van der Waals surface area contributed by atoms with Gasteiger partial charge in [0.25, 0.3) is 0 Å². The lowest BCUT2D eigenvalue weighted by atomic mass is 10.0. The fourth-order valence-electron chi connectivity index (χ4n) is 2.82. The van der Waals surface area contributed by atoms with Gasteiger partial charge in [-0.15, -0.1) is 0 Å². The molecule has 0 saturated carbocycles. The summed E-state index contributed by atoms with van der Waals surface area (Å²) >= 11 is 0. The number of nitrogens with one attached hydrogen (secondary N) is 1. The van der Waals surface area contributed by atoms with E-state index in [1.54, 1.807) is 7.11 Å². The van der Waals surface area contributed by atoms with Gasteiger partial charge < -0.3 is 14.6 Å². The van der Waals surface area contributed by atoms with Gasteiger partial charge in [-0.1, -0.05) is 0 Å². The molecule has 0 bridgehead atoms. The molecule has 18 heavy (non-hydrogen) atoms. The third-order valence-corrected chi connectivity index (χ3v) is 4.17. The van der Waals surface area contributed by atoms with E-state index in [0.29, 0.717) is 6.04 Å². The molecule has 3 nitrogen and oxygen atoms in total. The number of aromatic amines is 1. The molecular weight excluding hydrogens is 224 g/mol. The van der Waals surface area contributed by atoms with Crippen molar-refractivity contribution in [3.63, 3.8) is 0 Å². The van der Waals surface area contributed by atoms with Crippen LogP contribution >= 0.6 is 0 Å². The highest BCUT2D eigenvalue weighted by molar-refractivity contribution is 5.86. The van der Waals surface area contributed by atoms with E-state index in [4.69, 9.17) is 4.74 Å². The molecule has 0 fully saturated rings. The number of hydrogen-bond donors (Lipinski definition) is 1. The second-order valence-electron chi connectivity index (χ2n) is 5.28. The third kappa shape index (κ3) is 1.79. The zero-order valence-corrected chi connectivity index (χ0v) is 11.3. The Hall–Kier alpha value is -1.48. The maximum atomic E-state index is 5.34. The van der Waals surface area contributed by atoms with Crippen LogP contribution in [-0.2, 0) is 12.8 Å². The number of aromatic nitrogens is 1. The zero-order chi connectivity index (χ0) is 12.7. The lowest BCUT2D eigenvalue weighted by Gasteiger charge is -2.21. The molecule has 1 aliphatic rings. The number of nitrogens with zero attached hydrogens (tertiary/aromatic N) is 1. The van der Waals surface area contributed by atoms with E-state index in [1.807, 2.05) is 6.07 Å². The minimum atomic E-state index is 0.594. The van der Waals surface area contributed by atoms with Crippen LogP contribution in [0.3, 0.4) is 0 Å². The number of H-pyrrole nitrogens is 1. The number of rotatable bonds is 1. The minimum absolute atomic E-state index is 0.594. The summed E-state index contributed by atoms with van der Waals surface area (Å²) in [5, 5.41) is 1.33. The van der Waals surface area contributed by atoms with Gasteiger partial charge >= 0.3 is 0 Å². The summed E-state index contributed by atoms with van der Waals surface area (Å²) in [6, 6.07) is 6.89.